The molecule has 2 fully saturated rings. The van der Waals surface area contributed by atoms with Crippen molar-refractivity contribution >= 4 is 80.9 Å². The van der Waals surface area contributed by atoms with Crippen LogP contribution in [0.5, 0.6) is 11.5 Å². The second-order valence-corrected chi connectivity index (χ2v) is 29.7. The molecular weight excluding hydrogens is 1410 g/mol. The van der Waals surface area contributed by atoms with Gasteiger partial charge in [-0.2, -0.15) is 11.8 Å². The highest BCUT2D eigenvalue weighted by atomic mass is 32.2. The molecule has 1 unspecified atom stereocenters. The number of carboxylic acid groups (broad SMARTS) is 1. The Morgan fingerprint density at radius 2 is 0.981 bits per heavy atom. The number of nitrogens with zero attached hydrogens (tertiary/aromatic N) is 8. The van der Waals surface area contributed by atoms with E-state index < -0.39 is 134 Å². The van der Waals surface area contributed by atoms with Gasteiger partial charge in [-0.15, -0.1) is 0 Å². The van der Waals surface area contributed by atoms with E-state index in [0.717, 1.165) is 44.1 Å². The third kappa shape index (κ3) is 30.0. The van der Waals surface area contributed by atoms with Gasteiger partial charge in [0, 0.05) is 58.0 Å². The number of hydrogen-bond acceptors (Lipinski definition) is 20. The van der Waals surface area contributed by atoms with Crippen molar-refractivity contribution in [2.75, 3.05) is 143 Å². The molecule has 1 aliphatic heterocycles. The fourth-order valence-corrected chi connectivity index (χ4v) is 14.1. The van der Waals surface area contributed by atoms with Crippen LogP contribution in [0.3, 0.4) is 0 Å². The maximum Gasteiger partial charge on any atom is 0.326 e. The van der Waals surface area contributed by atoms with Crippen LogP contribution in [0.4, 0.5) is 0 Å². The van der Waals surface area contributed by atoms with Gasteiger partial charge in [0.1, 0.15) is 25.7 Å². The molecule has 106 heavy (non-hydrogen) atoms. The van der Waals surface area contributed by atoms with Crippen molar-refractivity contribution < 1.29 is 75.7 Å². The molecule has 588 valence electrons. The fraction of sp³-hybridized carbons (Fsp3) is 0.622. The molecule has 3 aromatic rings. The van der Waals surface area contributed by atoms with E-state index in [2.05, 4.69) is 10.6 Å². The Kier molecular flexibility index (Phi) is 38.5. The number of fused-ring (bicyclic) bond motifs is 1. The van der Waals surface area contributed by atoms with Gasteiger partial charge in [-0.25, -0.2) is 18.4 Å². The number of carbonyl (C=O) groups is 10. The van der Waals surface area contributed by atoms with Crippen LogP contribution in [0.25, 0.3) is 0 Å². The Morgan fingerprint density at radius 1 is 0.538 bits per heavy atom. The van der Waals surface area contributed by atoms with Crippen LogP contribution in [-0.2, 0) is 82.1 Å². The summed E-state index contributed by atoms with van der Waals surface area (Å²) in [5.41, 5.74) is 19.7. The highest BCUT2D eigenvalue weighted by Gasteiger charge is 2.37. The lowest BCUT2D eigenvalue weighted by Gasteiger charge is -2.38. The van der Waals surface area contributed by atoms with Crippen molar-refractivity contribution in [3.63, 3.8) is 0 Å². The quantitative estimate of drug-likeness (QED) is 0.0315. The van der Waals surface area contributed by atoms with Gasteiger partial charge in [-0.3, -0.25) is 48.5 Å². The van der Waals surface area contributed by atoms with Gasteiger partial charge in [-0.05, 0) is 163 Å². The SMILES string of the molecule is CCOCNCC(=O)N(CCCCN)CC(=O)N(CCc1ccc(S(N)(=O)=O)cc1)CC(=O)N(CCCCN)CC(=O)N(CC(=O)N(CC(=O)N(CCc1ccccc1)CC(=O)N(CC(=O)N(CCCCN)CC(=O)NC(CCSC)C(=O)O)C1CCCCC1)C1CCCCC1)Cc1ccc2c(c1)OCO2. The van der Waals surface area contributed by atoms with E-state index in [4.69, 9.17) is 36.6 Å². The van der Waals surface area contributed by atoms with Gasteiger partial charge in [0.25, 0.3) is 0 Å². The van der Waals surface area contributed by atoms with Gasteiger partial charge in [0.05, 0.1) is 50.9 Å². The summed E-state index contributed by atoms with van der Waals surface area (Å²) in [5.74, 6) is -5.00. The number of unbranched alkanes of at least 4 members (excludes halogenated alkanes) is 3. The molecule has 9 amide bonds. The molecular formula is C74H114N14O16S2. The summed E-state index contributed by atoms with van der Waals surface area (Å²) in [6, 6.07) is 18.2. The number of carbonyl (C=O) groups excluding carboxylic acids is 9. The maximum atomic E-state index is 15.6. The van der Waals surface area contributed by atoms with Crippen molar-refractivity contribution in [2.45, 2.75) is 158 Å². The summed E-state index contributed by atoms with van der Waals surface area (Å²) in [6.45, 7) is -0.863. The van der Waals surface area contributed by atoms with Gasteiger partial charge in [0.2, 0.25) is 70.0 Å². The number of nitrogens with one attached hydrogen (secondary N) is 2. The van der Waals surface area contributed by atoms with Crippen LogP contribution in [-0.4, -0.2) is 273 Å². The molecule has 0 spiro atoms. The Hall–Kier alpha value is -7.98. The third-order valence-corrected chi connectivity index (χ3v) is 20.8. The Labute approximate surface area is 628 Å². The average molecular weight is 1520 g/mol. The van der Waals surface area contributed by atoms with Crippen LogP contribution in [0, 0.1) is 0 Å². The molecule has 1 atom stereocenters. The van der Waals surface area contributed by atoms with E-state index in [1.807, 2.05) is 43.5 Å². The summed E-state index contributed by atoms with van der Waals surface area (Å²) in [6.07, 6.45) is 12.3. The van der Waals surface area contributed by atoms with Crippen LogP contribution in [0.1, 0.15) is 133 Å². The summed E-state index contributed by atoms with van der Waals surface area (Å²) < 4.78 is 41.1. The number of hydrogen-bond donors (Lipinski definition) is 7. The number of rotatable bonds is 49. The number of amides is 9. The number of primary sulfonamides is 1. The molecule has 2 aliphatic carbocycles. The van der Waals surface area contributed by atoms with E-state index in [1.165, 1.54) is 63.1 Å². The summed E-state index contributed by atoms with van der Waals surface area (Å²) in [4.78, 5) is 157. The van der Waals surface area contributed by atoms with Crippen LogP contribution >= 0.6 is 11.8 Å². The van der Waals surface area contributed by atoms with Crippen molar-refractivity contribution in [1.29, 1.82) is 0 Å². The highest BCUT2D eigenvalue weighted by molar-refractivity contribution is 7.98. The molecule has 0 aromatic heterocycles. The Balaban J connectivity index is 1.32. The Bertz CT molecular complexity index is 3400. The number of sulfonamides is 1. The molecule has 3 aromatic carbocycles. The number of carboxylic acids is 1. The topological polar surface area (TPSA) is 407 Å². The first-order valence-electron chi connectivity index (χ1n) is 37.3. The second kappa shape index (κ2) is 47.0. The zero-order chi connectivity index (χ0) is 76.8. The van der Waals surface area contributed by atoms with Crippen molar-refractivity contribution in [1.82, 2.24) is 49.8 Å². The van der Waals surface area contributed by atoms with Crippen molar-refractivity contribution in [3.05, 3.63) is 89.5 Å². The maximum absolute atomic E-state index is 15.6. The van der Waals surface area contributed by atoms with E-state index in [9.17, 15) is 37.5 Å². The fourth-order valence-electron chi connectivity index (χ4n) is 13.1. The molecule has 2 saturated carbocycles. The first kappa shape index (κ1) is 86.9. The predicted octanol–water partition coefficient (Wildman–Crippen LogP) is 2.47. The highest BCUT2D eigenvalue weighted by Crippen LogP contribution is 2.33. The lowest BCUT2D eigenvalue weighted by atomic mass is 9.94. The normalized spacial score (nSPS) is 14.0. The molecule has 30 nitrogen and oxygen atoms in total. The zero-order valence-electron chi connectivity index (χ0n) is 61.9. The largest absolute Gasteiger partial charge is 0.480 e. The van der Waals surface area contributed by atoms with Crippen LogP contribution < -0.4 is 42.4 Å². The minimum atomic E-state index is -4.04. The molecule has 1 heterocycles. The molecule has 0 radical (unpaired) electrons. The van der Waals surface area contributed by atoms with E-state index >= 15 is 24.0 Å². The minimum absolute atomic E-state index is 0.00417. The lowest BCUT2D eigenvalue weighted by Crippen LogP contribution is -2.55. The summed E-state index contributed by atoms with van der Waals surface area (Å²) >= 11 is 1.43. The number of aliphatic carboxylic acids is 1. The molecule has 3 aliphatic rings. The summed E-state index contributed by atoms with van der Waals surface area (Å²) in [5, 5.41) is 20.8. The molecule has 0 bridgehead atoms. The van der Waals surface area contributed by atoms with Gasteiger partial charge in [0.15, 0.2) is 11.5 Å². The smallest absolute Gasteiger partial charge is 0.326 e. The van der Waals surface area contributed by atoms with E-state index in [-0.39, 0.29) is 89.7 Å². The number of benzene rings is 3. The molecule has 0 saturated heterocycles. The first-order chi connectivity index (χ1) is 51.0. The van der Waals surface area contributed by atoms with Gasteiger partial charge >= 0.3 is 5.97 Å². The van der Waals surface area contributed by atoms with Crippen molar-refractivity contribution in [3.8, 4) is 11.5 Å². The lowest BCUT2D eigenvalue weighted by molar-refractivity contribution is -0.151. The van der Waals surface area contributed by atoms with Crippen LogP contribution in [0.2, 0.25) is 0 Å². The molecule has 32 heteroatoms. The van der Waals surface area contributed by atoms with Crippen LogP contribution in [0.15, 0.2) is 77.7 Å². The summed E-state index contributed by atoms with van der Waals surface area (Å²) in [7, 11) is -4.04. The number of ether oxygens (including phenoxy) is 3. The Morgan fingerprint density at radius 3 is 1.47 bits per heavy atom. The predicted molar refractivity (Wildman–Crippen MR) is 402 cm³/mol. The van der Waals surface area contributed by atoms with Crippen molar-refractivity contribution in [2.24, 2.45) is 22.3 Å². The third-order valence-electron chi connectivity index (χ3n) is 19.2. The minimum Gasteiger partial charge on any atom is -0.480 e. The molecule has 6 rings (SSSR count). The second-order valence-electron chi connectivity index (χ2n) is 27.1. The van der Waals surface area contributed by atoms with E-state index in [0.29, 0.717) is 119 Å². The monoisotopic (exact) mass is 1520 g/mol. The number of thioether (sulfide) groups is 1. The standard InChI is InChI=1S/C74H114N14O16S2/c1-3-102-54-79-44-66(90)82(38-17-14-35-76)47-68(92)84(41-32-57-25-28-61(29-26-57)106(78,100)101)48-67(91)83(39-18-15-36-77)49-69(93)86(45-58-27-30-63-64(43-58)104-55-103-63)51-73(97)88(60-23-11-6-12-24-60)53-71(95)85(40-31-56-19-7-4-8-20-56)50-72(96)87(59-21-9-5-10-22-59)52-70(94)81(37-16-13-34-75)46-65(89)80-62(74(98)99)33-42-105-2/h4,7-8,19-20,25-30,43,59-60,62,79H,3,5-6,9-18,21-24,31-42,44-55,75-77H2,1-2H3,(H,80,89)(H,98,99)(H2,78,100,101). The van der Waals surface area contributed by atoms with Gasteiger partial charge < -0.3 is 81.0 Å². The van der Waals surface area contributed by atoms with E-state index in [1.54, 1.807) is 30.3 Å². The number of nitrogens with two attached hydrogens (primary N) is 4. The van der Waals surface area contributed by atoms with Gasteiger partial charge in [-0.1, -0.05) is 87.1 Å². The zero-order valence-corrected chi connectivity index (χ0v) is 63.6. The molecule has 11 N–H and O–H groups in total. The first-order valence-corrected chi connectivity index (χ1v) is 40.2. The average Bonchev–Trinajstić information content (AvgIpc) is 1.24.